The number of nitro benzene ring substituents is 1. The molecule has 0 saturated carbocycles. The summed E-state index contributed by atoms with van der Waals surface area (Å²) in [6, 6.07) is 12.6. The highest BCUT2D eigenvalue weighted by atomic mass is 35.5. The van der Waals surface area contributed by atoms with Gasteiger partial charge in [0.25, 0.3) is 11.6 Å². The Morgan fingerprint density at radius 1 is 1.30 bits per heavy atom. The molecule has 0 aliphatic heterocycles. The van der Waals surface area contributed by atoms with Gasteiger partial charge in [0, 0.05) is 17.2 Å². The molecule has 0 unspecified atom stereocenters. The van der Waals surface area contributed by atoms with Gasteiger partial charge in [-0.3, -0.25) is 14.9 Å². The number of halogens is 1. The van der Waals surface area contributed by atoms with Crippen molar-refractivity contribution in [2.45, 2.75) is 13.0 Å². The second-order valence-corrected chi connectivity index (χ2v) is 5.32. The fourth-order valence-electron chi connectivity index (χ4n) is 1.96. The fourth-order valence-corrected chi connectivity index (χ4v) is 2.15. The molecule has 1 amide bonds. The van der Waals surface area contributed by atoms with E-state index in [9.17, 15) is 14.9 Å². The van der Waals surface area contributed by atoms with Crippen LogP contribution in [0.3, 0.4) is 0 Å². The fraction of sp³-hybridized carbons (Fsp3) is 0.188. The van der Waals surface area contributed by atoms with Crippen LogP contribution in [0, 0.1) is 10.1 Å². The number of ether oxygens (including phenoxy) is 1. The van der Waals surface area contributed by atoms with E-state index < -0.39 is 4.92 Å². The zero-order valence-electron chi connectivity index (χ0n) is 12.4. The van der Waals surface area contributed by atoms with Crippen molar-refractivity contribution in [2.24, 2.45) is 0 Å². The van der Waals surface area contributed by atoms with E-state index >= 15 is 0 Å². The molecule has 0 fully saturated rings. The predicted molar refractivity (Wildman–Crippen MR) is 86.6 cm³/mol. The molecular formula is C16H15ClN2O4. The van der Waals surface area contributed by atoms with Gasteiger partial charge in [0.1, 0.15) is 5.75 Å². The van der Waals surface area contributed by atoms with E-state index in [-0.39, 0.29) is 24.2 Å². The molecule has 1 N–H and O–H groups in total. The van der Waals surface area contributed by atoms with Gasteiger partial charge in [-0.25, -0.2) is 0 Å². The van der Waals surface area contributed by atoms with Gasteiger partial charge in [-0.2, -0.15) is 0 Å². The third-order valence-corrected chi connectivity index (χ3v) is 3.38. The summed E-state index contributed by atoms with van der Waals surface area (Å²) in [5, 5.41) is 13.9. The van der Waals surface area contributed by atoms with Gasteiger partial charge in [0.15, 0.2) is 6.61 Å². The van der Waals surface area contributed by atoms with Crippen LogP contribution in [-0.2, 0) is 4.79 Å². The quantitative estimate of drug-likeness (QED) is 0.647. The molecular weight excluding hydrogens is 320 g/mol. The number of carbonyl (C=O) groups is 1. The third-order valence-electron chi connectivity index (χ3n) is 3.14. The molecule has 0 aliphatic carbocycles. The zero-order chi connectivity index (χ0) is 16.8. The molecule has 0 radical (unpaired) electrons. The Kier molecular flexibility index (Phi) is 5.54. The van der Waals surface area contributed by atoms with Gasteiger partial charge in [-0.1, -0.05) is 23.7 Å². The molecule has 0 saturated heterocycles. The van der Waals surface area contributed by atoms with E-state index in [1.165, 1.54) is 24.3 Å². The van der Waals surface area contributed by atoms with Crippen molar-refractivity contribution >= 4 is 23.2 Å². The topological polar surface area (TPSA) is 81.5 Å². The molecule has 0 heterocycles. The van der Waals surface area contributed by atoms with Crippen molar-refractivity contribution in [2.75, 3.05) is 6.61 Å². The lowest BCUT2D eigenvalue weighted by atomic mass is 10.1. The van der Waals surface area contributed by atoms with Gasteiger partial charge < -0.3 is 10.1 Å². The standard InChI is InChI=1S/C16H15ClN2O4/c1-11(12-3-2-4-13(17)9-12)18-16(20)10-23-15-7-5-14(6-8-15)19(21)22/h2-9,11H,10H2,1H3,(H,18,20)/t11-/m1/s1. The first-order valence-corrected chi connectivity index (χ1v) is 7.25. The minimum atomic E-state index is -0.497. The Morgan fingerprint density at radius 3 is 2.61 bits per heavy atom. The Hall–Kier alpha value is -2.60. The lowest BCUT2D eigenvalue weighted by Crippen LogP contribution is -2.31. The summed E-state index contributed by atoms with van der Waals surface area (Å²) in [5.41, 5.74) is 0.859. The van der Waals surface area contributed by atoms with E-state index in [2.05, 4.69) is 5.32 Å². The molecule has 0 aromatic heterocycles. The summed E-state index contributed by atoms with van der Waals surface area (Å²) in [4.78, 5) is 21.9. The first kappa shape index (κ1) is 16.8. The molecule has 2 aromatic carbocycles. The maximum absolute atomic E-state index is 11.9. The smallest absolute Gasteiger partial charge is 0.269 e. The van der Waals surface area contributed by atoms with E-state index in [0.29, 0.717) is 10.8 Å². The third kappa shape index (κ3) is 4.96. The summed E-state index contributed by atoms with van der Waals surface area (Å²) in [5.74, 6) is 0.0944. The van der Waals surface area contributed by atoms with Gasteiger partial charge >= 0.3 is 0 Å². The summed E-state index contributed by atoms with van der Waals surface area (Å²) in [6.07, 6.45) is 0. The zero-order valence-corrected chi connectivity index (χ0v) is 13.1. The number of nitrogens with zero attached hydrogens (tertiary/aromatic N) is 1. The molecule has 0 bridgehead atoms. The molecule has 0 spiro atoms. The molecule has 7 heteroatoms. The van der Waals surface area contributed by atoms with Crippen LogP contribution in [0.5, 0.6) is 5.75 Å². The highest BCUT2D eigenvalue weighted by molar-refractivity contribution is 6.30. The molecule has 1 atom stereocenters. The molecule has 2 aromatic rings. The largest absolute Gasteiger partial charge is 0.484 e. The lowest BCUT2D eigenvalue weighted by molar-refractivity contribution is -0.384. The average molecular weight is 335 g/mol. The Balaban J connectivity index is 1.86. The van der Waals surface area contributed by atoms with E-state index in [0.717, 1.165) is 5.56 Å². The number of non-ortho nitro benzene ring substituents is 1. The summed E-state index contributed by atoms with van der Waals surface area (Å²) in [7, 11) is 0. The number of hydrogen-bond donors (Lipinski definition) is 1. The SMILES string of the molecule is C[C@@H](NC(=O)COc1ccc([N+](=O)[O-])cc1)c1cccc(Cl)c1. The van der Waals surface area contributed by atoms with Crippen LogP contribution in [0.2, 0.25) is 5.02 Å². The number of hydrogen-bond acceptors (Lipinski definition) is 4. The summed E-state index contributed by atoms with van der Waals surface area (Å²) in [6.45, 7) is 1.66. The number of carbonyl (C=O) groups excluding carboxylic acids is 1. The minimum absolute atomic E-state index is 0.0311. The first-order valence-electron chi connectivity index (χ1n) is 6.88. The van der Waals surface area contributed by atoms with Crippen LogP contribution in [-0.4, -0.2) is 17.4 Å². The van der Waals surface area contributed by atoms with Crippen LogP contribution < -0.4 is 10.1 Å². The molecule has 2 rings (SSSR count). The summed E-state index contributed by atoms with van der Waals surface area (Å²) < 4.78 is 5.30. The second-order valence-electron chi connectivity index (χ2n) is 4.88. The molecule has 120 valence electrons. The molecule has 6 nitrogen and oxygen atoms in total. The number of benzene rings is 2. The Bertz CT molecular complexity index is 703. The van der Waals surface area contributed by atoms with Crippen molar-refractivity contribution in [3.8, 4) is 5.75 Å². The lowest BCUT2D eigenvalue weighted by Gasteiger charge is -2.15. The van der Waals surface area contributed by atoms with Crippen LogP contribution >= 0.6 is 11.6 Å². The normalized spacial score (nSPS) is 11.6. The van der Waals surface area contributed by atoms with Crippen molar-refractivity contribution < 1.29 is 14.5 Å². The van der Waals surface area contributed by atoms with Crippen LogP contribution in [0.4, 0.5) is 5.69 Å². The minimum Gasteiger partial charge on any atom is -0.484 e. The number of amides is 1. The van der Waals surface area contributed by atoms with E-state index in [1.54, 1.807) is 12.1 Å². The highest BCUT2D eigenvalue weighted by Gasteiger charge is 2.11. The average Bonchev–Trinajstić information content (AvgIpc) is 2.53. The van der Waals surface area contributed by atoms with Gasteiger partial charge in [-0.05, 0) is 36.8 Å². The predicted octanol–water partition coefficient (Wildman–Crippen LogP) is 3.50. The second kappa shape index (κ2) is 7.60. The van der Waals surface area contributed by atoms with Crippen molar-refractivity contribution in [3.05, 3.63) is 69.2 Å². The number of nitrogens with one attached hydrogen (secondary N) is 1. The van der Waals surface area contributed by atoms with Crippen molar-refractivity contribution in [1.29, 1.82) is 0 Å². The van der Waals surface area contributed by atoms with Crippen LogP contribution in [0.15, 0.2) is 48.5 Å². The molecule has 0 aliphatic rings. The monoisotopic (exact) mass is 334 g/mol. The van der Waals surface area contributed by atoms with Crippen molar-refractivity contribution in [1.82, 2.24) is 5.32 Å². The first-order chi connectivity index (χ1) is 11.0. The van der Waals surface area contributed by atoms with Crippen LogP contribution in [0.25, 0.3) is 0 Å². The van der Waals surface area contributed by atoms with Gasteiger partial charge in [-0.15, -0.1) is 0 Å². The number of nitro groups is 1. The molecule has 23 heavy (non-hydrogen) atoms. The Morgan fingerprint density at radius 2 is 2.00 bits per heavy atom. The Labute approximate surface area is 138 Å². The van der Waals surface area contributed by atoms with Gasteiger partial charge in [0.2, 0.25) is 0 Å². The summed E-state index contributed by atoms with van der Waals surface area (Å²) >= 11 is 5.92. The van der Waals surface area contributed by atoms with E-state index in [1.807, 2.05) is 19.1 Å². The van der Waals surface area contributed by atoms with Gasteiger partial charge in [0.05, 0.1) is 11.0 Å². The highest BCUT2D eigenvalue weighted by Crippen LogP contribution is 2.18. The van der Waals surface area contributed by atoms with Crippen molar-refractivity contribution in [3.63, 3.8) is 0 Å². The maximum Gasteiger partial charge on any atom is 0.269 e. The maximum atomic E-state index is 11.9. The van der Waals surface area contributed by atoms with Crippen LogP contribution in [0.1, 0.15) is 18.5 Å². The number of rotatable bonds is 6. The van der Waals surface area contributed by atoms with E-state index in [4.69, 9.17) is 16.3 Å².